The fourth-order valence-corrected chi connectivity index (χ4v) is 1.53. The van der Waals surface area contributed by atoms with Crippen LogP contribution in [0.4, 0.5) is 0 Å². The normalized spacial score (nSPS) is 11.4. The highest BCUT2D eigenvalue weighted by Gasteiger charge is 2.19. The summed E-state index contributed by atoms with van der Waals surface area (Å²) in [7, 11) is 0. The molecular formula is C14H17NO3. The third-order valence-corrected chi connectivity index (χ3v) is 2.32. The number of amides is 1. The van der Waals surface area contributed by atoms with E-state index < -0.39 is 12.0 Å². The number of carbonyl (C=O) groups excluding carboxylic acids is 1. The molecule has 96 valence electrons. The minimum absolute atomic E-state index is 0.276. The molecule has 0 heterocycles. The van der Waals surface area contributed by atoms with Crippen molar-refractivity contribution in [2.75, 3.05) is 0 Å². The second-order valence-electron chi connectivity index (χ2n) is 4.31. The quantitative estimate of drug-likeness (QED) is 0.779. The van der Waals surface area contributed by atoms with Crippen LogP contribution in [-0.2, 0) is 16.0 Å². The van der Waals surface area contributed by atoms with Gasteiger partial charge >= 0.3 is 5.97 Å². The van der Waals surface area contributed by atoms with Gasteiger partial charge in [-0.25, -0.2) is 4.79 Å². The predicted molar refractivity (Wildman–Crippen MR) is 69.1 cm³/mol. The van der Waals surface area contributed by atoms with Crippen molar-refractivity contribution < 1.29 is 14.7 Å². The summed E-state index contributed by atoms with van der Waals surface area (Å²) >= 11 is 0. The maximum Gasteiger partial charge on any atom is 0.326 e. The summed E-state index contributed by atoms with van der Waals surface area (Å²) in [6.07, 6.45) is 1.67. The maximum absolute atomic E-state index is 11.5. The molecule has 0 fully saturated rings. The van der Waals surface area contributed by atoms with Gasteiger partial charge in [-0.3, -0.25) is 4.79 Å². The Morgan fingerprint density at radius 3 is 2.39 bits per heavy atom. The van der Waals surface area contributed by atoms with Crippen LogP contribution in [0.2, 0.25) is 0 Å². The molecule has 0 saturated heterocycles. The highest BCUT2D eigenvalue weighted by atomic mass is 16.4. The molecule has 0 saturated carbocycles. The van der Waals surface area contributed by atoms with E-state index in [1.54, 1.807) is 13.8 Å². The zero-order chi connectivity index (χ0) is 13.5. The molecule has 0 unspecified atom stereocenters. The van der Waals surface area contributed by atoms with Crippen molar-refractivity contribution in [3.8, 4) is 0 Å². The summed E-state index contributed by atoms with van der Waals surface area (Å²) in [4.78, 5) is 22.6. The first kappa shape index (κ1) is 14.0. The lowest BCUT2D eigenvalue weighted by Gasteiger charge is -2.13. The molecule has 4 heteroatoms. The average molecular weight is 247 g/mol. The Morgan fingerprint density at radius 1 is 1.28 bits per heavy atom. The third kappa shape index (κ3) is 4.82. The Kier molecular flexibility index (Phi) is 5.11. The van der Waals surface area contributed by atoms with Crippen LogP contribution in [0.3, 0.4) is 0 Å². The third-order valence-electron chi connectivity index (χ3n) is 2.32. The summed E-state index contributed by atoms with van der Waals surface area (Å²) in [6.45, 7) is 3.57. The van der Waals surface area contributed by atoms with Crippen molar-refractivity contribution in [1.29, 1.82) is 0 Å². The number of carbonyl (C=O) groups is 2. The number of carboxylic acids is 1. The van der Waals surface area contributed by atoms with Crippen LogP contribution < -0.4 is 5.32 Å². The monoisotopic (exact) mass is 247 g/mol. The van der Waals surface area contributed by atoms with E-state index in [1.807, 2.05) is 30.3 Å². The fourth-order valence-electron chi connectivity index (χ4n) is 1.53. The van der Waals surface area contributed by atoms with Gasteiger partial charge in [0.15, 0.2) is 0 Å². The first-order valence-corrected chi connectivity index (χ1v) is 5.71. The number of carboxylic acid groups (broad SMARTS) is 1. The number of aliphatic carboxylic acids is 1. The van der Waals surface area contributed by atoms with Gasteiger partial charge in [0.05, 0.1) is 0 Å². The number of hydrogen-bond donors (Lipinski definition) is 2. The van der Waals surface area contributed by atoms with Gasteiger partial charge in [0.2, 0.25) is 5.91 Å². The molecule has 0 aliphatic heterocycles. The summed E-state index contributed by atoms with van der Waals surface area (Å²) in [5.74, 6) is -1.41. The summed E-state index contributed by atoms with van der Waals surface area (Å²) < 4.78 is 0. The van der Waals surface area contributed by atoms with Crippen LogP contribution in [0.1, 0.15) is 19.4 Å². The van der Waals surface area contributed by atoms with Crippen molar-refractivity contribution in [3.63, 3.8) is 0 Å². The molecule has 1 aromatic carbocycles. The Bertz CT molecular complexity index is 447. The van der Waals surface area contributed by atoms with Crippen molar-refractivity contribution in [3.05, 3.63) is 47.5 Å². The highest BCUT2D eigenvalue weighted by Crippen LogP contribution is 2.03. The van der Waals surface area contributed by atoms with Crippen LogP contribution in [0.5, 0.6) is 0 Å². The molecule has 0 aliphatic rings. The molecule has 0 aliphatic carbocycles. The summed E-state index contributed by atoms with van der Waals surface area (Å²) in [5.41, 5.74) is 1.71. The van der Waals surface area contributed by atoms with E-state index in [-0.39, 0.29) is 12.3 Å². The highest BCUT2D eigenvalue weighted by molar-refractivity contribution is 5.91. The molecular weight excluding hydrogens is 230 g/mol. The Labute approximate surface area is 106 Å². The van der Waals surface area contributed by atoms with Crippen LogP contribution in [0.25, 0.3) is 0 Å². The molecule has 1 atom stereocenters. The van der Waals surface area contributed by atoms with E-state index in [9.17, 15) is 9.59 Å². The fraction of sp³-hybridized carbons (Fsp3) is 0.286. The SMILES string of the molecule is CC(C)=CC(=O)N[C@H](Cc1ccccc1)C(=O)O. The summed E-state index contributed by atoms with van der Waals surface area (Å²) in [6, 6.07) is 8.31. The lowest BCUT2D eigenvalue weighted by atomic mass is 10.1. The van der Waals surface area contributed by atoms with Gasteiger partial charge in [0.25, 0.3) is 0 Å². The second kappa shape index (κ2) is 6.59. The molecule has 4 nitrogen and oxygen atoms in total. The van der Waals surface area contributed by atoms with E-state index in [0.29, 0.717) is 0 Å². The Hall–Kier alpha value is -2.10. The molecule has 18 heavy (non-hydrogen) atoms. The topological polar surface area (TPSA) is 66.4 Å². The minimum atomic E-state index is -1.03. The van der Waals surface area contributed by atoms with Crippen LogP contribution >= 0.6 is 0 Å². The van der Waals surface area contributed by atoms with E-state index in [1.165, 1.54) is 6.08 Å². The van der Waals surface area contributed by atoms with E-state index >= 15 is 0 Å². The average Bonchev–Trinajstić information content (AvgIpc) is 2.28. The van der Waals surface area contributed by atoms with Crippen LogP contribution in [-0.4, -0.2) is 23.0 Å². The molecule has 0 bridgehead atoms. The van der Waals surface area contributed by atoms with Gasteiger partial charge in [0, 0.05) is 12.5 Å². The number of rotatable bonds is 5. The van der Waals surface area contributed by atoms with Gasteiger partial charge in [-0.15, -0.1) is 0 Å². The molecule has 0 aromatic heterocycles. The van der Waals surface area contributed by atoms with Crippen molar-refractivity contribution in [1.82, 2.24) is 5.32 Å². The van der Waals surface area contributed by atoms with Crippen LogP contribution in [0.15, 0.2) is 42.0 Å². The van der Waals surface area contributed by atoms with Gasteiger partial charge in [0.1, 0.15) is 6.04 Å². The number of benzene rings is 1. The van der Waals surface area contributed by atoms with E-state index in [2.05, 4.69) is 5.32 Å². The summed E-state index contributed by atoms with van der Waals surface area (Å²) in [5, 5.41) is 11.6. The lowest BCUT2D eigenvalue weighted by molar-refractivity contribution is -0.141. The lowest BCUT2D eigenvalue weighted by Crippen LogP contribution is -2.41. The number of nitrogens with one attached hydrogen (secondary N) is 1. The first-order valence-electron chi connectivity index (χ1n) is 5.71. The van der Waals surface area contributed by atoms with Crippen molar-refractivity contribution >= 4 is 11.9 Å². The van der Waals surface area contributed by atoms with Gasteiger partial charge in [-0.05, 0) is 19.4 Å². The zero-order valence-corrected chi connectivity index (χ0v) is 10.5. The standard InChI is InChI=1S/C14H17NO3/c1-10(2)8-13(16)15-12(14(17)18)9-11-6-4-3-5-7-11/h3-8,12H,9H2,1-2H3,(H,15,16)(H,17,18)/t12-/m1/s1. The van der Waals surface area contributed by atoms with E-state index in [0.717, 1.165) is 11.1 Å². The molecule has 1 aromatic rings. The Morgan fingerprint density at radius 2 is 1.89 bits per heavy atom. The van der Waals surface area contributed by atoms with Gasteiger partial charge < -0.3 is 10.4 Å². The maximum atomic E-state index is 11.5. The molecule has 0 radical (unpaired) electrons. The van der Waals surface area contributed by atoms with Crippen molar-refractivity contribution in [2.24, 2.45) is 0 Å². The van der Waals surface area contributed by atoms with E-state index in [4.69, 9.17) is 5.11 Å². The largest absolute Gasteiger partial charge is 0.480 e. The Balaban J connectivity index is 2.70. The predicted octanol–water partition coefficient (Wildman–Crippen LogP) is 1.76. The molecule has 2 N–H and O–H groups in total. The van der Waals surface area contributed by atoms with Gasteiger partial charge in [-0.1, -0.05) is 35.9 Å². The molecule has 1 rings (SSSR count). The zero-order valence-electron chi connectivity index (χ0n) is 10.5. The first-order chi connectivity index (χ1) is 8.49. The minimum Gasteiger partial charge on any atom is -0.480 e. The smallest absolute Gasteiger partial charge is 0.326 e. The van der Waals surface area contributed by atoms with Crippen molar-refractivity contribution in [2.45, 2.75) is 26.3 Å². The molecule has 0 spiro atoms. The molecule has 1 amide bonds. The number of allylic oxidation sites excluding steroid dienone is 1. The van der Waals surface area contributed by atoms with Gasteiger partial charge in [-0.2, -0.15) is 0 Å². The number of hydrogen-bond acceptors (Lipinski definition) is 2. The van der Waals surface area contributed by atoms with Crippen LogP contribution in [0, 0.1) is 0 Å². The second-order valence-corrected chi connectivity index (χ2v) is 4.31.